The van der Waals surface area contributed by atoms with Crippen LogP contribution in [0.2, 0.25) is 0 Å². The van der Waals surface area contributed by atoms with Crippen molar-refractivity contribution < 1.29 is 24.0 Å². The lowest BCUT2D eigenvalue weighted by atomic mass is 10.1. The van der Waals surface area contributed by atoms with Crippen LogP contribution in [0.15, 0.2) is 46.9 Å². The van der Waals surface area contributed by atoms with E-state index in [-0.39, 0.29) is 17.6 Å². The lowest BCUT2D eigenvalue weighted by Crippen LogP contribution is -3.19. The summed E-state index contributed by atoms with van der Waals surface area (Å²) in [6.07, 6.45) is 0. The number of nitrogens with zero attached hydrogens (tertiary/aromatic N) is 1. The number of anilines is 2. The Morgan fingerprint density at radius 1 is 1.15 bits per heavy atom. The monoisotopic (exact) mass is 515 g/mol. The molecule has 174 valence electrons. The number of H-pyrrole nitrogens is 1. The van der Waals surface area contributed by atoms with E-state index in [1.165, 1.54) is 12.0 Å². The molecule has 33 heavy (non-hydrogen) atoms. The number of ether oxygens (including phenoxy) is 2. The molecular weight excluding hydrogens is 488 g/mol. The number of piperazine rings is 1. The summed E-state index contributed by atoms with van der Waals surface area (Å²) in [5, 5.41) is 3.74. The summed E-state index contributed by atoms with van der Waals surface area (Å²) in [6, 6.07) is 13.3. The first-order valence-corrected chi connectivity index (χ1v) is 11.6. The molecule has 3 aromatic rings. The second-order valence-corrected chi connectivity index (χ2v) is 9.00. The van der Waals surface area contributed by atoms with Gasteiger partial charge < -0.3 is 29.6 Å². The van der Waals surface area contributed by atoms with Crippen LogP contribution in [0, 0.1) is 0 Å². The van der Waals surface area contributed by atoms with Gasteiger partial charge in [-0.1, -0.05) is 28.1 Å². The number of benzene rings is 2. The number of halogens is 1. The van der Waals surface area contributed by atoms with Crippen LogP contribution >= 0.6 is 15.9 Å². The van der Waals surface area contributed by atoms with Gasteiger partial charge in [-0.2, -0.15) is 0 Å². The number of aromatic nitrogens is 1. The first kappa shape index (κ1) is 23.1. The summed E-state index contributed by atoms with van der Waals surface area (Å²) in [5.74, 6) is 0.192. The van der Waals surface area contributed by atoms with Crippen molar-refractivity contribution in [2.24, 2.45) is 0 Å². The highest BCUT2D eigenvalue weighted by molar-refractivity contribution is 9.10. The number of hydrogen-bond acceptors (Lipinski definition) is 5. The largest absolute Gasteiger partial charge is 0.495 e. The fourth-order valence-corrected chi connectivity index (χ4v) is 4.69. The van der Waals surface area contributed by atoms with Crippen molar-refractivity contribution in [1.82, 2.24) is 4.98 Å². The molecule has 0 saturated carbocycles. The zero-order chi connectivity index (χ0) is 23.5. The van der Waals surface area contributed by atoms with Gasteiger partial charge in [0.25, 0.3) is 5.91 Å². The van der Waals surface area contributed by atoms with Crippen LogP contribution in [-0.4, -0.2) is 63.3 Å². The molecule has 1 aliphatic heterocycles. The third-order valence-electron chi connectivity index (χ3n) is 6.24. The number of carbonyl (C=O) groups is 2. The SMILES string of the molecule is COC(=O)c1[nH]c2ccc(Br)cc2c1NC(=O)[C@@H](C)[NH+]1CCN(c2ccccc2OC)CC1. The van der Waals surface area contributed by atoms with E-state index in [4.69, 9.17) is 9.47 Å². The van der Waals surface area contributed by atoms with Gasteiger partial charge >= 0.3 is 5.97 Å². The molecule has 0 aliphatic carbocycles. The molecule has 1 amide bonds. The van der Waals surface area contributed by atoms with Gasteiger partial charge in [-0.3, -0.25) is 4.79 Å². The number of aromatic amines is 1. The second kappa shape index (κ2) is 9.84. The van der Waals surface area contributed by atoms with Crippen LogP contribution in [0.25, 0.3) is 10.9 Å². The molecule has 1 fully saturated rings. The first-order valence-electron chi connectivity index (χ1n) is 10.9. The molecule has 9 heteroatoms. The third kappa shape index (κ3) is 4.69. The number of para-hydroxylation sites is 2. The number of esters is 1. The Labute approximate surface area is 201 Å². The molecule has 1 aromatic heterocycles. The molecule has 1 saturated heterocycles. The average molecular weight is 516 g/mol. The summed E-state index contributed by atoms with van der Waals surface area (Å²) in [4.78, 5) is 32.1. The van der Waals surface area contributed by atoms with E-state index in [1.54, 1.807) is 7.11 Å². The maximum Gasteiger partial charge on any atom is 0.356 e. The third-order valence-corrected chi connectivity index (χ3v) is 6.73. The molecule has 4 rings (SSSR count). The van der Waals surface area contributed by atoms with Gasteiger partial charge in [-0.05, 0) is 37.3 Å². The zero-order valence-electron chi connectivity index (χ0n) is 18.9. The van der Waals surface area contributed by atoms with Crippen molar-refractivity contribution >= 4 is 50.1 Å². The quantitative estimate of drug-likeness (QED) is 0.439. The lowest BCUT2D eigenvalue weighted by molar-refractivity contribution is -0.914. The van der Waals surface area contributed by atoms with Crippen molar-refractivity contribution in [3.63, 3.8) is 0 Å². The highest BCUT2D eigenvalue weighted by Crippen LogP contribution is 2.31. The molecule has 2 heterocycles. The minimum Gasteiger partial charge on any atom is -0.495 e. The lowest BCUT2D eigenvalue weighted by Gasteiger charge is -2.36. The highest BCUT2D eigenvalue weighted by atomic mass is 79.9. The number of quaternary nitrogens is 1. The van der Waals surface area contributed by atoms with Gasteiger partial charge in [0, 0.05) is 15.4 Å². The fourth-order valence-electron chi connectivity index (χ4n) is 4.32. The number of carbonyl (C=O) groups excluding carboxylic acids is 2. The van der Waals surface area contributed by atoms with E-state index in [0.29, 0.717) is 5.69 Å². The van der Waals surface area contributed by atoms with Crippen LogP contribution in [0.4, 0.5) is 11.4 Å². The summed E-state index contributed by atoms with van der Waals surface area (Å²) >= 11 is 3.46. The summed E-state index contributed by atoms with van der Waals surface area (Å²) in [6.45, 7) is 5.19. The van der Waals surface area contributed by atoms with E-state index in [0.717, 1.165) is 53.0 Å². The van der Waals surface area contributed by atoms with Crippen molar-refractivity contribution in [3.8, 4) is 5.75 Å². The molecule has 0 bridgehead atoms. The number of fused-ring (bicyclic) bond motifs is 1. The molecule has 0 spiro atoms. The maximum absolute atomic E-state index is 13.2. The predicted molar refractivity (Wildman–Crippen MR) is 131 cm³/mol. The Balaban J connectivity index is 1.48. The molecule has 3 N–H and O–H groups in total. The highest BCUT2D eigenvalue weighted by Gasteiger charge is 2.31. The number of hydrogen-bond donors (Lipinski definition) is 3. The minimum atomic E-state index is -0.525. The number of methoxy groups -OCH3 is 2. The number of rotatable bonds is 6. The molecular formula is C24H28BrN4O4+. The Hall–Kier alpha value is -3.04. The molecule has 0 radical (unpaired) electrons. The molecule has 2 aromatic carbocycles. The smallest absolute Gasteiger partial charge is 0.356 e. The zero-order valence-corrected chi connectivity index (χ0v) is 20.5. The number of nitrogens with one attached hydrogen (secondary N) is 3. The molecule has 8 nitrogen and oxygen atoms in total. The van der Waals surface area contributed by atoms with Crippen molar-refractivity contribution in [2.75, 3.05) is 50.6 Å². The normalized spacial score (nSPS) is 15.3. The van der Waals surface area contributed by atoms with E-state index in [9.17, 15) is 9.59 Å². The first-order chi connectivity index (χ1) is 15.9. The van der Waals surface area contributed by atoms with Crippen molar-refractivity contribution in [1.29, 1.82) is 0 Å². The van der Waals surface area contributed by atoms with Crippen LogP contribution in [0.1, 0.15) is 17.4 Å². The Bertz CT molecular complexity index is 1170. The maximum atomic E-state index is 13.2. The van der Waals surface area contributed by atoms with Gasteiger partial charge in [-0.15, -0.1) is 0 Å². The average Bonchev–Trinajstić information content (AvgIpc) is 3.20. The molecule has 1 atom stereocenters. The molecule has 1 aliphatic rings. The fraction of sp³-hybridized carbons (Fsp3) is 0.333. The van der Waals surface area contributed by atoms with E-state index < -0.39 is 5.97 Å². The summed E-state index contributed by atoms with van der Waals surface area (Å²) in [7, 11) is 3.00. The van der Waals surface area contributed by atoms with Gasteiger partial charge in [0.05, 0.1) is 51.8 Å². The van der Waals surface area contributed by atoms with Crippen LogP contribution < -0.4 is 19.9 Å². The minimum absolute atomic E-state index is 0.137. The van der Waals surface area contributed by atoms with Gasteiger partial charge in [0.15, 0.2) is 6.04 Å². The Morgan fingerprint density at radius 3 is 2.58 bits per heavy atom. The Kier molecular flexibility index (Phi) is 6.90. The Morgan fingerprint density at radius 2 is 1.88 bits per heavy atom. The van der Waals surface area contributed by atoms with Gasteiger partial charge in [0.1, 0.15) is 11.4 Å². The predicted octanol–water partition coefficient (Wildman–Crippen LogP) is 2.46. The standard InChI is InChI=1S/C24H27BrN4O4/c1-15(28-10-12-29(13-11-28)19-6-4-5-7-20(19)32-2)23(30)27-21-17-14-16(25)8-9-18(17)26-22(21)24(31)33-3/h4-9,14-15,26H,10-13H2,1-3H3,(H,27,30)/p+1/t15-/m1/s1. The van der Waals surface area contributed by atoms with Crippen LogP contribution in [0.5, 0.6) is 5.75 Å². The van der Waals surface area contributed by atoms with Crippen LogP contribution in [0.3, 0.4) is 0 Å². The van der Waals surface area contributed by atoms with Crippen molar-refractivity contribution in [3.05, 3.63) is 52.6 Å². The van der Waals surface area contributed by atoms with E-state index >= 15 is 0 Å². The second-order valence-electron chi connectivity index (χ2n) is 8.08. The van der Waals surface area contributed by atoms with Gasteiger partial charge in [-0.25, -0.2) is 4.79 Å². The number of amides is 1. The topological polar surface area (TPSA) is 88.1 Å². The van der Waals surface area contributed by atoms with E-state index in [2.05, 4.69) is 37.2 Å². The van der Waals surface area contributed by atoms with Gasteiger partial charge in [0.2, 0.25) is 0 Å². The van der Waals surface area contributed by atoms with Crippen molar-refractivity contribution in [2.45, 2.75) is 13.0 Å². The van der Waals surface area contributed by atoms with E-state index in [1.807, 2.05) is 43.3 Å². The summed E-state index contributed by atoms with van der Waals surface area (Å²) < 4.78 is 11.3. The summed E-state index contributed by atoms with van der Waals surface area (Å²) in [5.41, 5.74) is 2.51. The molecule has 0 unspecified atom stereocenters. The van der Waals surface area contributed by atoms with Crippen LogP contribution in [-0.2, 0) is 9.53 Å².